The van der Waals surface area contributed by atoms with E-state index in [-0.39, 0.29) is 36.5 Å². The summed E-state index contributed by atoms with van der Waals surface area (Å²) in [5.41, 5.74) is 2.66. The first-order chi connectivity index (χ1) is 15.5. The average Bonchev–Trinajstić information content (AvgIpc) is 3.18. The molecule has 1 aliphatic carbocycles. The summed E-state index contributed by atoms with van der Waals surface area (Å²) in [6.07, 6.45) is 7.72. The Labute approximate surface area is 186 Å². The number of amides is 1. The molecule has 1 atom stereocenters. The zero-order chi connectivity index (χ0) is 22.1. The van der Waals surface area contributed by atoms with Crippen molar-refractivity contribution in [3.63, 3.8) is 0 Å². The molecule has 1 amide bonds. The highest BCUT2D eigenvalue weighted by Gasteiger charge is 2.35. The van der Waals surface area contributed by atoms with E-state index in [1.54, 1.807) is 4.52 Å². The van der Waals surface area contributed by atoms with Gasteiger partial charge in [0.2, 0.25) is 11.8 Å². The Morgan fingerprint density at radius 3 is 2.62 bits per heavy atom. The van der Waals surface area contributed by atoms with Crippen LogP contribution in [0.25, 0.3) is 5.78 Å². The quantitative estimate of drug-likeness (QED) is 0.759. The van der Waals surface area contributed by atoms with E-state index in [9.17, 15) is 13.6 Å². The van der Waals surface area contributed by atoms with Gasteiger partial charge in [-0.3, -0.25) is 4.79 Å². The van der Waals surface area contributed by atoms with Crippen LogP contribution in [0, 0.1) is 11.8 Å². The molecule has 2 saturated heterocycles. The Balaban J connectivity index is 1.40. The van der Waals surface area contributed by atoms with Crippen molar-refractivity contribution in [2.24, 2.45) is 11.8 Å². The molecular weight excluding hydrogens is 416 g/mol. The Hall–Kier alpha value is -2.16. The van der Waals surface area contributed by atoms with Crippen LogP contribution in [0.1, 0.15) is 74.4 Å². The predicted molar refractivity (Wildman–Crippen MR) is 114 cm³/mol. The van der Waals surface area contributed by atoms with Crippen LogP contribution in [0.4, 0.5) is 8.78 Å². The number of halogens is 2. The van der Waals surface area contributed by atoms with Crippen molar-refractivity contribution in [2.45, 2.75) is 76.0 Å². The van der Waals surface area contributed by atoms with Crippen LogP contribution in [-0.2, 0) is 22.4 Å². The molecule has 0 radical (unpaired) electrons. The van der Waals surface area contributed by atoms with Gasteiger partial charge in [0.05, 0.1) is 23.3 Å². The van der Waals surface area contributed by atoms with E-state index < -0.39 is 5.92 Å². The van der Waals surface area contributed by atoms with Crippen molar-refractivity contribution >= 4 is 11.7 Å². The fourth-order valence-corrected chi connectivity index (χ4v) is 5.32. The standard InChI is InChI=1S/C23H31F2N5O2/c24-23(25)7-3-15(4-8-23)12-18-14-30-22(27-18)28-20(16-5-10-32-11-6-16)19(29-30)13-17-2-1-9-26-21(17)31/h14-17H,1-13H2,(H,26,31). The number of alkyl halides is 2. The van der Waals surface area contributed by atoms with Crippen molar-refractivity contribution in [3.05, 3.63) is 23.3 Å². The molecule has 2 aromatic rings. The Morgan fingerprint density at radius 2 is 1.88 bits per heavy atom. The zero-order valence-electron chi connectivity index (χ0n) is 18.4. The minimum atomic E-state index is -2.52. The Kier molecular flexibility index (Phi) is 6.09. The van der Waals surface area contributed by atoms with E-state index in [0.717, 1.165) is 49.3 Å². The second-order valence-corrected chi connectivity index (χ2v) is 9.64. The summed E-state index contributed by atoms with van der Waals surface area (Å²) in [5, 5.41) is 7.83. The van der Waals surface area contributed by atoms with Gasteiger partial charge in [-0.2, -0.15) is 5.10 Å². The van der Waals surface area contributed by atoms with E-state index >= 15 is 0 Å². The summed E-state index contributed by atoms with van der Waals surface area (Å²) < 4.78 is 34.2. The second kappa shape index (κ2) is 9.00. The summed E-state index contributed by atoms with van der Waals surface area (Å²) >= 11 is 0. The van der Waals surface area contributed by atoms with Crippen LogP contribution < -0.4 is 5.32 Å². The van der Waals surface area contributed by atoms with Crippen LogP contribution in [0.5, 0.6) is 0 Å². The van der Waals surface area contributed by atoms with Crippen LogP contribution >= 0.6 is 0 Å². The maximum absolute atomic E-state index is 13.5. The van der Waals surface area contributed by atoms with E-state index in [1.165, 1.54) is 0 Å². The highest BCUT2D eigenvalue weighted by atomic mass is 19.3. The summed E-state index contributed by atoms with van der Waals surface area (Å²) in [7, 11) is 0. The molecule has 5 rings (SSSR count). The van der Waals surface area contributed by atoms with Gasteiger partial charge in [-0.1, -0.05) is 0 Å². The normalized spacial score (nSPS) is 25.2. The maximum atomic E-state index is 13.5. The van der Waals surface area contributed by atoms with Gasteiger partial charge in [0.15, 0.2) is 0 Å². The molecule has 0 spiro atoms. The van der Waals surface area contributed by atoms with Crippen molar-refractivity contribution in [1.29, 1.82) is 0 Å². The van der Waals surface area contributed by atoms with Gasteiger partial charge < -0.3 is 10.1 Å². The van der Waals surface area contributed by atoms with Crippen molar-refractivity contribution in [2.75, 3.05) is 19.8 Å². The predicted octanol–water partition coefficient (Wildman–Crippen LogP) is 3.46. The summed E-state index contributed by atoms with van der Waals surface area (Å²) in [6, 6.07) is 0. The van der Waals surface area contributed by atoms with Gasteiger partial charge in [0.1, 0.15) is 0 Å². The first-order valence-corrected chi connectivity index (χ1v) is 12.0. The first kappa shape index (κ1) is 21.7. The number of imidazole rings is 1. The minimum Gasteiger partial charge on any atom is -0.381 e. The largest absolute Gasteiger partial charge is 0.381 e. The third kappa shape index (κ3) is 4.77. The smallest absolute Gasteiger partial charge is 0.251 e. The van der Waals surface area contributed by atoms with Crippen molar-refractivity contribution in [3.8, 4) is 0 Å². The average molecular weight is 448 g/mol. The number of nitrogens with one attached hydrogen (secondary N) is 1. The lowest BCUT2D eigenvalue weighted by molar-refractivity contribution is -0.126. The monoisotopic (exact) mass is 447 g/mol. The molecule has 0 aromatic carbocycles. The molecule has 4 heterocycles. The molecule has 9 heteroatoms. The number of nitrogens with zero attached hydrogens (tertiary/aromatic N) is 4. The van der Waals surface area contributed by atoms with Crippen LogP contribution in [0.15, 0.2) is 6.20 Å². The van der Waals surface area contributed by atoms with Gasteiger partial charge in [-0.15, -0.1) is 0 Å². The Morgan fingerprint density at radius 1 is 1.09 bits per heavy atom. The van der Waals surface area contributed by atoms with Gasteiger partial charge >= 0.3 is 0 Å². The number of hydrogen-bond acceptors (Lipinski definition) is 5. The van der Waals surface area contributed by atoms with Crippen LogP contribution in [0.3, 0.4) is 0 Å². The molecular formula is C23H31F2N5O2. The molecule has 1 N–H and O–H groups in total. The SMILES string of the molecule is O=C1NCCCC1Cc1nn2cc(CC3CCC(F)(F)CC3)nc2nc1C1CCOCC1. The second-order valence-electron chi connectivity index (χ2n) is 9.64. The fraction of sp³-hybridized carbons (Fsp3) is 0.739. The highest BCUT2D eigenvalue weighted by Crippen LogP contribution is 2.37. The lowest BCUT2D eigenvalue weighted by atomic mass is 9.84. The van der Waals surface area contributed by atoms with Crippen molar-refractivity contribution in [1.82, 2.24) is 24.9 Å². The molecule has 0 bridgehead atoms. The number of fused-ring (bicyclic) bond motifs is 1. The topological polar surface area (TPSA) is 81.4 Å². The number of carbonyl (C=O) groups excluding carboxylic acids is 1. The van der Waals surface area contributed by atoms with Crippen molar-refractivity contribution < 1.29 is 18.3 Å². The summed E-state index contributed by atoms with van der Waals surface area (Å²) in [6.45, 7) is 2.14. The van der Waals surface area contributed by atoms with E-state index in [2.05, 4.69) is 5.32 Å². The third-order valence-electron chi connectivity index (χ3n) is 7.25. The highest BCUT2D eigenvalue weighted by molar-refractivity contribution is 5.79. The third-order valence-corrected chi connectivity index (χ3v) is 7.25. The van der Waals surface area contributed by atoms with Gasteiger partial charge in [0, 0.05) is 50.9 Å². The van der Waals surface area contributed by atoms with E-state index in [0.29, 0.717) is 44.7 Å². The van der Waals surface area contributed by atoms with Gasteiger partial charge in [-0.05, 0) is 50.9 Å². The van der Waals surface area contributed by atoms with E-state index in [4.69, 9.17) is 19.8 Å². The summed E-state index contributed by atoms with van der Waals surface area (Å²) in [4.78, 5) is 22.0. The lowest BCUT2D eigenvalue weighted by Crippen LogP contribution is -2.38. The maximum Gasteiger partial charge on any atom is 0.251 e. The molecule has 32 heavy (non-hydrogen) atoms. The first-order valence-electron chi connectivity index (χ1n) is 12.0. The number of aromatic nitrogens is 4. The molecule has 2 aliphatic heterocycles. The zero-order valence-corrected chi connectivity index (χ0v) is 18.4. The number of ether oxygens (including phenoxy) is 1. The number of rotatable bonds is 5. The van der Waals surface area contributed by atoms with Gasteiger partial charge in [-0.25, -0.2) is 23.3 Å². The summed E-state index contributed by atoms with van der Waals surface area (Å²) in [5.74, 6) is -1.47. The minimum absolute atomic E-state index is 0.0387. The lowest BCUT2D eigenvalue weighted by Gasteiger charge is -2.27. The molecule has 2 aromatic heterocycles. The van der Waals surface area contributed by atoms with Crippen LogP contribution in [-0.4, -0.2) is 51.2 Å². The fourth-order valence-electron chi connectivity index (χ4n) is 5.32. The molecule has 1 saturated carbocycles. The molecule has 1 unspecified atom stereocenters. The van der Waals surface area contributed by atoms with E-state index in [1.807, 2.05) is 6.20 Å². The molecule has 3 fully saturated rings. The Bertz CT molecular complexity index is 963. The van der Waals surface area contributed by atoms with Crippen LogP contribution in [0.2, 0.25) is 0 Å². The molecule has 174 valence electrons. The number of carbonyl (C=O) groups is 1. The molecule has 3 aliphatic rings. The van der Waals surface area contributed by atoms with Gasteiger partial charge in [0.25, 0.3) is 5.78 Å². The molecule has 7 nitrogen and oxygen atoms in total. The number of hydrogen-bond donors (Lipinski definition) is 1. The number of piperidine rings is 1.